The normalized spacial score (nSPS) is 13.1. The van der Waals surface area contributed by atoms with Gasteiger partial charge in [-0.2, -0.15) is 0 Å². The van der Waals surface area contributed by atoms with Gasteiger partial charge >= 0.3 is 0 Å². The quantitative estimate of drug-likeness (QED) is 0.582. The minimum Gasteiger partial charge on any atom is -0.325 e. The van der Waals surface area contributed by atoms with Crippen molar-refractivity contribution in [2.45, 2.75) is 26.7 Å². The van der Waals surface area contributed by atoms with Crippen molar-refractivity contribution in [3.63, 3.8) is 0 Å². The summed E-state index contributed by atoms with van der Waals surface area (Å²) in [5.74, 6) is -0.840. The highest BCUT2D eigenvalue weighted by Gasteiger charge is 2.32. The first-order valence-electron chi connectivity index (χ1n) is 9.81. The maximum Gasteiger partial charge on any atom is 0.261 e. The molecule has 3 aromatic carbocycles. The number of nitrogens with zero attached hydrogens (tertiary/aromatic N) is 1. The van der Waals surface area contributed by atoms with Crippen LogP contribution < -0.4 is 5.32 Å². The third-order valence-electron chi connectivity index (χ3n) is 5.34. The van der Waals surface area contributed by atoms with Crippen LogP contribution in [0, 0.1) is 13.8 Å². The summed E-state index contributed by atoms with van der Waals surface area (Å²) in [6, 6.07) is 14.6. The maximum atomic E-state index is 12.9. The number of halogens is 1. The molecule has 0 fully saturated rings. The van der Waals surface area contributed by atoms with Crippen LogP contribution >= 0.6 is 11.6 Å². The molecule has 0 atom stereocenters. The first-order chi connectivity index (χ1) is 14.4. The zero-order valence-electron chi connectivity index (χ0n) is 16.8. The molecule has 0 saturated heterocycles. The molecule has 0 bridgehead atoms. The first-order valence-corrected chi connectivity index (χ1v) is 10.2. The zero-order valence-corrected chi connectivity index (χ0v) is 17.5. The maximum absolute atomic E-state index is 12.9. The standard InChI is InChI=1S/C24H21ClN2O3/c1-14-12-15(2)22(19(25)13-14)26-20(28)10-5-11-27-23(29)17-8-3-6-16-7-4-9-18(21(16)17)24(27)30/h3-4,6-9,12-13H,5,10-11H2,1-2H3,(H,26,28). The van der Waals surface area contributed by atoms with Gasteiger partial charge in [0.05, 0.1) is 10.7 Å². The van der Waals surface area contributed by atoms with Gasteiger partial charge in [0.25, 0.3) is 11.8 Å². The lowest BCUT2D eigenvalue weighted by Gasteiger charge is -2.27. The fourth-order valence-corrected chi connectivity index (χ4v) is 4.33. The fraction of sp³-hybridized carbons (Fsp3) is 0.208. The Morgan fingerprint density at radius 1 is 1.00 bits per heavy atom. The molecule has 1 aliphatic heterocycles. The van der Waals surface area contributed by atoms with Crippen LogP contribution in [0.3, 0.4) is 0 Å². The predicted molar refractivity (Wildman–Crippen MR) is 118 cm³/mol. The number of carbonyl (C=O) groups is 3. The van der Waals surface area contributed by atoms with Crippen molar-refractivity contribution in [2.75, 3.05) is 11.9 Å². The summed E-state index contributed by atoms with van der Waals surface area (Å²) >= 11 is 6.25. The Morgan fingerprint density at radius 3 is 2.23 bits per heavy atom. The average Bonchev–Trinajstić information content (AvgIpc) is 2.71. The lowest BCUT2D eigenvalue weighted by molar-refractivity contribution is -0.116. The summed E-state index contributed by atoms with van der Waals surface area (Å²) in [4.78, 5) is 39.4. The van der Waals surface area contributed by atoms with Crippen LogP contribution in [-0.4, -0.2) is 29.2 Å². The predicted octanol–water partition coefficient (Wildman–Crippen LogP) is 5.12. The second-order valence-corrected chi connectivity index (χ2v) is 7.97. The van der Waals surface area contributed by atoms with Gasteiger partial charge in [-0.25, -0.2) is 0 Å². The molecule has 6 heteroatoms. The van der Waals surface area contributed by atoms with Gasteiger partial charge in [0.1, 0.15) is 0 Å². The molecule has 0 aliphatic carbocycles. The Hall–Kier alpha value is -3.18. The van der Waals surface area contributed by atoms with Crippen LogP contribution in [0.5, 0.6) is 0 Å². The molecular formula is C24H21ClN2O3. The molecule has 5 nitrogen and oxygen atoms in total. The molecule has 1 heterocycles. The van der Waals surface area contributed by atoms with E-state index in [1.54, 1.807) is 18.2 Å². The van der Waals surface area contributed by atoms with Gasteiger partial charge in [0.15, 0.2) is 0 Å². The molecule has 0 radical (unpaired) electrons. The van der Waals surface area contributed by atoms with Crippen molar-refractivity contribution in [3.05, 3.63) is 75.8 Å². The summed E-state index contributed by atoms with van der Waals surface area (Å²) in [5, 5.41) is 4.90. The molecule has 4 rings (SSSR count). The fourth-order valence-electron chi connectivity index (χ4n) is 3.96. The van der Waals surface area contributed by atoms with Crippen LogP contribution in [0.15, 0.2) is 48.5 Å². The number of imide groups is 1. The highest BCUT2D eigenvalue weighted by molar-refractivity contribution is 6.34. The van der Waals surface area contributed by atoms with Crippen molar-refractivity contribution >= 4 is 45.8 Å². The number of aryl methyl sites for hydroxylation is 2. The van der Waals surface area contributed by atoms with E-state index in [0.29, 0.717) is 33.6 Å². The van der Waals surface area contributed by atoms with Gasteiger partial charge in [-0.15, -0.1) is 0 Å². The minimum atomic E-state index is -0.317. The third-order valence-corrected chi connectivity index (χ3v) is 5.64. The van der Waals surface area contributed by atoms with E-state index in [0.717, 1.165) is 16.5 Å². The molecule has 0 aromatic heterocycles. The highest BCUT2D eigenvalue weighted by Crippen LogP contribution is 2.30. The minimum absolute atomic E-state index is 0.173. The van der Waals surface area contributed by atoms with Crippen LogP contribution in [-0.2, 0) is 4.79 Å². The van der Waals surface area contributed by atoms with Crippen LogP contribution in [0.25, 0.3) is 10.8 Å². The van der Waals surface area contributed by atoms with E-state index in [4.69, 9.17) is 11.6 Å². The Labute approximate surface area is 179 Å². The van der Waals surface area contributed by atoms with Crippen LogP contribution in [0.2, 0.25) is 5.02 Å². The number of carbonyl (C=O) groups excluding carboxylic acids is 3. The Morgan fingerprint density at radius 2 is 1.63 bits per heavy atom. The van der Waals surface area contributed by atoms with Crippen LogP contribution in [0.4, 0.5) is 5.69 Å². The third kappa shape index (κ3) is 3.57. The van der Waals surface area contributed by atoms with Crippen molar-refractivity contribution in [1.29, 1.82) is 0 Å². The number of amides is 3. The van der Waals surface area contributed by atoms with Crippen LogP contribution in [0.1, 0.15) is 44.7 Å². The lowest BCUT2D eigenvalue weighted by Crippen LogP contribution is -2.41. The summed E-state index contributed by atoms with van der Waals surface area (Å²) in [5.41, 5.74) is 3.55. The molecule has 3 aromatic rings. The Kier molecular flexibility index (Phi) is 5.31. The second kappa shape index (κ2) is 7.92. The SMILES string of the molecule is Cc1cc(C)c(NC(=O)CCCN2C(=O)c3cccc4cccc(c34)C2=O)c(Cl)c1. The van der Waals surface area contributed by atoms with Gasteiger partial charge in [-0.1, -0.05) is 41.9 Å². The summed E-state index contributed by atoms with van der Waals surface area (Å²) in [7, 11) is 0. The van der Waals surface area contributed by atoms with Crippen molar-refractivity contribution in [1.82, 2.24) is 4.90 Å². The van der Waals surface area contributed by atoms with Gasteiger partial charge < -0.3 is 5.32 Å². The first kappa shape index (κ1) is 20.1. The van der Waals surface area contributed by atoms with Gasteiger partial charge in [0, 0.05) is 29.5 Å². The summed E-state index contributed by atoms with van der Waals surface area (Å²) < 4.78 is 0. The van der Waals surface area contributed by atoms with Gasteiger partial charge in [-0.3, -0.25) is 19.3 Å². The van der Waals surface area contributed by atoms with Crippen molar-refractivity contribution in [2.24, 2.45) is 0 Å². The summed E-state index contributed by atoms with van der Waals surface area (Å²) in [6.07, 6.45) is 0.538. The van der Waals surface area contributed by atoms with E-state index in [9.17, 15) is 14.4 Å². The van der Waals surface area contributed by atoms with E-state index in [1.807, 2.05) is 44.2 Å². The summed E-state index contributed by atoms with van der Waals surface area (Å²) in [6.45, 7) is 4.00. The molecule has 0 saturated carbocycles. The van der Waals surface area contributed by atoms with E-state index >= 15 is 0 Å². The highest BCUT2D eigenvalue weighted by atomic mass is 35.5. The smallest absolute Gasteiger partial charge is 0.261 e. The lowest BCUT2D eigenvalue weighted by atomic mass is 9.94. The largest absolute Gasteiger partial charge is 0.325 e. The molecule has 3 amide bonds. The topological polar surface area (TPSA) is 66.5 Å². The number of nitrogens with one attached hydrogen (secondary N) is 1. The van der Waals surface area contributed by atoms with Crippen molar-refractivity contribution in [3.8, 4) is 0 Å². The zero-order chi connectivity index (χ0) is 21.4. The number of anilines is 1. The number of rotatable bonds is 5. The van der Waals surface area contributed by atoms with Gasteiger partial charge in [0.2, 0.25) is 5.91 Å². The van der Waals surface area contributed by atoms with E-state index in [2.05, 4.69) is 5.32 Å². The van der Waals surface area contributed by atoms with E-state index in [1.165, 1.54) is 4.90 Å². The molecule has 0 spiro atoms. The Balaban J connectivity index is 1.44. The number of hydrogen-bond donors (Lipinski definition) is 1. The molecule has 1 aliphatic rings. The number of hydrogen-bond acceptors (Lipinski definition) is 3. The number of benzene rings is 3. The Bertz CT molecular complexity index is 1130. The van der Waals surface area contributed by atoms with Gasteiger partial charge in [-0.05, 0) is 55.0 Å². The second-order valence-electron chi connectivity index (χ2n) is 7.56. The van der Waals surface area contributed by atoms with E-state index < -0.39 is 0 Å². The molecule has 30 heavy (non-hydrogen) atoms. The molecule has 1 N–H and O–H groups in total. The molecule has 152 valence electrons. The monoisotopic (exact) mass is 420 g/mol. The molecule has 0 unspecified atom stereocenters. The van der Waals surface area contributed by atoms with Crippen molar-refractivity contribution < 1.29 is 14.4 Å². The average molecular weight is 421 g/mol. The van der Waals surface area contributed by atoms with E-state index in [-0.39, 0.29) is 30.7 Å². The molecular weight excluding hydrogens is 400 g/mol.